The van der Waals surface area contributed by atoms with Crippen molar-refractivity contribution < 1.29 is 0 Å². The molecule has 0 atom stereocenters. The molecule has 3 aromatic carbocycles. The van der Waals surface area contributed by atoms with Crippen LogP contribution in [0.15, 0.2) is 116 Å². The van der Waals surface area contributed by atoms with Crippen molar-refractivity contribution >= 4 is 5.57 Å². The van der Waals surface area contributed by atoms with E-state index in [2.05, 4.69) is 115 Å². The zero-order valence-electron chi connectivity index (χ0n) is 20.1. The Morgan fingerprint density at radius 1 is 0.794 bits per heavy atom. The molecule has 0 spiro atoms. The van der Waals surface area contributed by atoms with Crippen LogP contribution in [-0.2, 0) is 0 Å². The summed E-state index contributed by atoms with van der Waals surface area (Å²) in [4.78, 5) is 0. The van der Waals surface area contributed by atoms with Gasteiger partial charge >= 0.3 is 0 Å². The third kappa shape index (κ3) is 5.49. The molecule has 3 nitrogen and oxygen atoms in total. The SMILES string of the molecule is C=C/C=C(\C=C/CC(C)(C)C)c1nnc(-c2ccc(-c3ccccc3)cc2)n1-c1ccccc1. The van der Waals surface area contributed by atoms with Crippen molar-refractivity contribution in [3.05, 3.63) is 122 Å². The second-order valence-corrected chi connectivity index (χ2v) is 9.49. The number of aromatic nitrogens is 3. The van der Waals surface area contributed by atoms with Gasteiger partial charge in [0, 0.05) is 16.8 Å². The Bertz CT molecular complexity index is 1290. The molecule has 0 bridgehead atoms. The number of hydrogen-bond donors (Lipinski definition) is 0. The van der Waals surface area contributed by atoms with Crippen LogP contribution in [-0.4, -0.2) is 14.8 Å². The van der Waals surface area contributed by atoms with Crippen molar-refractivity contribution in [1.82, 2.24) is 14.8 Å². The van der Waals surface area contributed by atoms with Crippen LogP contribution < -0.4 is 0 Å². The fourth-order valence-corrected chi connectivity index (χ4v) is 3.79. The van der Waals surface area contributed by atoms with Crippen LogP contribution in [0.2, 0.25) is 0 Å². The second kappa shape index (κ2) is 10.3. The van der Waals surface area contributed by atoms with Gasteiger partial charge in [0.15, 0.2) is 11.6 Å². The van der Waals surface area contributed by atoms with Gasteiger partial charge in [0.05, 0.1) is 0 Å². The van der Waals surface area contributed by atoms with E-state index in [0.29, 0.717) is 0 Å². The van der Waals surface area contributed by atoms with E-state index in [1.165, 1.54) is 11.1 Å². The molecule has 0 amide bonds. The summed E-state index contributed by atoms with van der Waals surface area (Å²) in [5.74, 6) is 1.60. The molecule has 0 fully saturated rings. The molecule has 0 saturated carbocycles. The predicted molar refractivity (Wildman–Crippen MR) is 144 cm³/mol. The molecule has 1 heterocycles. The van der Waals surface area contributed by atoms with Crippen molar-refractivity contribution in [2.45, 2.75) is 27.2 Å². The van der Waals surface area contributed by atoms with E-state index in [9.17, 15) is 0 Å². The number of rotatable bonds is 7. The average Bonchev–Trinajstić information content (AvgIpc) is 3.29. The summed E-state index contributed by atoms with van der Waals surface area (Å²) in [5.41, 5.74) is 5.59. The maximum absolute atomic E-state index is 4.63. The monoisotopic (exact) mass is 445 g/mol. The lowest BCUT2D eigenvalue weighted by Crippen LogP contribution is -2.03. The van der Waals surface area contributed by atoms with Crippen molar-refractivity contribution in [2.75, 3.05) is 0 Å². The Hall–Kier alpha value is -3.98. The molecule has 0 aliphatic heterocycles. The third-order valence-electron chi connectivity index (χ3n) is 5.51. The lowest BCUT2D eigenvalue weighted by molar-refractivity contribution is 0.420. The van der Waals surface area contributed by atoms with Crippen molar-refractivity contribution in [2.24, 2.45) is 5.41 Å². The summed E-state index contributed by atoms with van der Waals surface area (Å²) in [6.45, 7) is 10.6. The normalized spacial score (nSPS) is 12.3. The van der Waals surface area contributed by atoms with E-state index in [-0.39, 0.29) is 5.41 Å². The maximum atomic E-state index is 4.63. The summed E-state index contributed by atoms with van der Waals surface area (Å²) in [6, 6.07) is 29.1. The standard InChI is InChI=1S/C31H31N3/c1-5-13-26(16-12-23-31(2,3)4)29-32-33-30(34(29)28-17-10-7-11-18-28)27-21-19-25(20-22-27)24-14-8-6-9-15-24/h5-22H,1,23H2,2-4H3/b16-12-,26-13+. The summed E-state index contributed by atoms with van der Waals surface area (Å²) >= 11 is 0. The minimum Gasteiger partial charge on any atom is -0.275 e. The lowest BCUT2D eigenvalue weighted by atomic mass is 9.92. The summed E-state index contributed by atoms with van der Waals surface area (Å²) in [6.07, 6.45) is 9.08. The van der Waals surface area contributed by atoms with E-state index in [1.807, 2.05) is 30.3 Å². The van der Waals surface area contributed by atoms with Gasteiger partial charge in [0.2, 0.25) is 0 Å². The van der Waals surface area contributed by atoms with Gasteiger partial charge in [-0.25, -0.2) is 0 Å². The number of para-hydroxylation sites is 1. The lowest BCUT2D eigenvalue weighted by Gasteiger charge is -2.15. The van der Waals surface area contributed by atoms with Crippen LogP contribution in [0.4, 0.5) is 0 Å². The van der Waals surface area contributed by atoms with Crippen LogP contribution >= 0.6 is 0 Å². The highest BCUT2D eigenvalue weighted by molar-refractivity contribution is 5.75. The molecule has 0 unspecified atom stereocenters. The van der Waals surface area contributed by atoms with Crippen LogP contribution in [0, 0.1) is 5.41 Å². The minimum absolute atomic E-state index is 0.217. The molecule has 34 heavy (non-hydrogen) atoms. The van der Waals surface area contributed by atoms with Gasteiger partial charge in [0.1, 0.15) is 0 Å². The quantitative estimate of drug-likeness (QED) is 0.269. The molecule has 0 saturated heterocycles. The van der Waals surface area contributed by atoms with Crippen LogP contribution in [0.1, 0.15) is 33.0 Å². The first kappa shape index (κ1) is 23.2. The topological polar surface area (TPSA) is 30.7 Å². The van der Waals surface area contributed by atoms with Gasteiger partial charge in [0.25, 0.3) is 0 Å². The summed E-state index contributed by atoms with van der Waals surface area (Å²) < 4.78 is 2.12. The molecule has 4 rings (SSSR count). The van der Waals surface area contributed by atoms with Gasteiger partial charge in [-0.05, 0) is 35.1 Å². The van der Waals surface area contributed by atoms with E-state index in [0.717, 1.165) is 34.9 Å². The highest BCUT2D eigenvalue weighted by Gasteiger charge is 2.18. The van der Waals surface area contributed by atoms with E-state index < -0.39 is 0 Å². The Morgan fingerprint density at radius 3 is 2.00 bits per heavy atom. The first-order chi connectivity index (χ1) is 16.5. The fourth-order valence-electron chi connectivity index (χ4n) is 3.79. The molecule has 0 aliphatic rings. The second-order valence-electron chi connectivity index (χ2n) is 9.49. The number of benzene rings is 3. The molecular formula is C31H31N3. The van der Waals surface area contributed by atoms with Crippen molar-refractivity contribution in [1.29, 1.82) is 0 Å². The number of allylic oxidation sites excluding steroid dienone is 5. The molecule has 4 aromatic rings. The Morgan fingerprint density at radius 2 is 1.38 bits per heavy atom. The molecular weight excluding hydrogens is 414 g/mol. The van der Waals surface area contributed by atoms with E-state index in [4.69, 9.17) is 0 Å². The molecule has 1 aromatic heterocycles. The molecule has 0 N–H and O–H groups in total. The average molecular weight is 446 g/mol. The third-order valence-corrected chi connectivity index (χ3v) is 5.51. The van der Waals surface area contributed by atoms with Gasteiger partial charge in [-0.1, -0.05) is 124 Å². The maximum Gasteiger partial charge on any atom is 0.168 e. The van der Waals surface area contributed by atoms with Gasteiger partial charge in [-0.2, -0.15) is 0 Å². The molecule has 0 radical (unpaired) electrons. The van der Waals surface area contributed by atoms with E-state index >= 15 is 0 Å². The van der Waals surface area contributed by atoms with Crippen LogP contribution in [0.3, 0.4) is 0 Å². The first-order valence-electron chi connectivity index (χ1n) is 11.6. The Kier molecular flexibility index (Phi) is 7.03. The highest BCUT2D eigenvalue weighted by atomic mass is 15.3. The van der Waals surface area contributed by atoms with Gasteiger partial charge in [-0.15, -0.1) is 10.2 Å². The number of hydrogen-bond acceptors (Lipinski definition) is 2. The van der Waals surface area contributed by atoms with Crippen molar-refractivity contribution in [3.8, 4) is 28.2 Å². The fraction of sp³-hybridized carbons (Fsp3) is 0.161. The zero-order chi connectivity index (χ0) is 24.0. The van der Waals surface area contributed by atoms with Crippen LogP contribution in [0.25, 0.3) is 33.8 Å². The predicted octanol–water partition coefficient (Wildman–Crippen LogP) is 8.16. The summed E-state index contributed by atoms with van der Waals surface area (Å²) in [7, 11) is 0. The van der Waals surface area contributed by atoms with E-state index in [1.54, 1.807) is 6.08 Å². The van der Waals surface area contributed by atoms with Crippen LogP contribution in [0.5, 0.6) is 0 Å². The Labute approximate surface area is 202 Å². The number of nitrogens with zero attached hydrogens (tertiary/aromatic N) is 3. The minimum atomic E-state index is 0.217. The smallest absolute Gasteiger partial charge is 0.168 e. The molecule has 0 aliphatic carbocycles. The molecule has 170 valence electrons. The van der Waals surface area contributed by atoms with Crippen molar-refractivity contribution in [3.63, 3.8) is 0 Å². The summed E-state index contributed by atoms with van der Waals surface area (Å²) in [5, 5.41) is 9.26. The highest BCUT2D eigenvalue weighted by Crippen LogP contribution is 2.29. The zero-order valence-corrected chi connectivity index (χ0v) is 20.1. The first-order valence-corrected chi connectivity index (χ1v) is 11.6. The van der Waals surface area contributed by atoms with Gasteiger partial charge < -0.3 is 0 Å². The van der Waals surface area contributed by atoms with Gasteiger partial charge in [-0.3, -0.25) is 4.57 Å². The Balaban J connectivity index is 1.79. The molecule has 3 heteroatoms. The largest absolute Gasteiger partial charge is 0.275 e.